The van der Waals surface area contributed by atoms with Crippen molar-refractivity contribution in [3.8, 4) is 0 Å². The fourth-order valence-electron chi connectivity index (χ4n) is 0.433. The Labute approximate surface area is 74.6 Å². The Morgan fingerprint density at radius 2 is 1.69 bits per heavy atom. The number of hydrogen-bond acceptors (Lipinski definition) is 5. The molecular formula is C8H8O5. The molecule has 0 saturated carbocycles. The summed E-state index contributed by atoms with van der Waals surface area (Å²) in [7, 11) is 0. The minimum absolute atomic E-state index is 0.744. The summed E-state index contributed by atoms with van der Waals surface area (Å²) in [4.78, 5) is 31.4. The van der Waals surface area contributed by atoms with E-state index in [4.69, 9.17) is 0 Å². The lowest BCUT2D eigenvalue weighted by atomic mass is 10.5. The second kappa shape index (κ2) is 5.70. The number of rotatable bonds is 3. The molecule has 0 aromatic heterocycles. The van der Waals surface area contributed by atoms with Crippen molar-refractivity contribution in [2.45, 2.75) is 6.92 Å². The SMILES string of the molecule is C=COC(=O)/C=C\C(=O)OC(C)=O. The van der Waals surface area contributed by atoms with Gasteiger partial charge in [0.25, 0.3) is 0 Å². The van der Waals surface area contributed by atoms with Gasteiger partial charge in [0, 0.05) is 19.1 Å². The molecule has 5 nitrogen and oxygen atoms in total. The van der Waals surface area contributed by atoms with Crippen molar-refractivity contribution >= 4 is 17.9 Å². The van der Waals surface area contributed by atoms with Crippen LogP contribution in [0.5, 0.6) is 0 Å². The molecule has 0 amide bonds. The van der Waals surface area contributed by atoms with Gasteiger partial charge in [-0.25, -0.2) is 9.59 Å². The van der Waals surface area contributed by atoms with Gasteiger partial charge in [0.15, 0.2) is 0 Å². The molecule has 0 bridgehead atoms. The topological polar surface area (TPSA) is 69.7 Å². The van der Waals surface area contributed by atoms with Gasteiger partial charge in [-0.05, 0) is 0 Å². The zero-order valence-corrected chi connectivity index (χ0v) is 6.98. The highest BCUT2D eigenvalue weighted by atomic mass is 16.6. The molecule has 0 saturated heterocycles. The number of ether oxygens (including phenoxy) is 2. The summed E-state index contributed by atoms with van der Waals surface area (Å²) in [5.41, 5.74) is 0. The number of hydrogen-bond donors (Lipinski definition) is 0. The highest BCUT2D eigenvalue weighted by Crippen LogP contribution is 1.85. The van der Waals surface area contributed by atoms with Crippen molar-refractivity contribution in [3.05, 3.63) is 25.0 Å². The standard InChI is InChI=1S/C8H8O5/c1-3-12-7(10)4-5-8(11)13-6(2)9/h3-5H,1H2,2H3/b5-4-. The van der Waals surface area contributed by atoms with E-state index in [1.165, 1.54) is 0 Å². The van der Waals surface area contributed by atoms with Crippen molar-refractivity contribution in [2.24, 2.45) is 0 Å². The Morgan fingerprint density at radius 3 is 2.15 bits per heavy atom. The van der Waals surface area contributed by atoms with Crippen molar-refractivity contribution in [3.63, 3.8) is 0 Å². The molecule has 0 aromatic carbocycles. The predicted molar refractivity (Wildman–Crippen MR) is 42.2 cm³/mol. The van der Waals surface area contributed by atoms with Crippen LogP contribution in [0.15, 0.2) is 25.0 Å². The molecule has 70 valence electrons. The van der Waals surface area contributed by atoms with E-state index in [1.54, 1.807) is 0 Å². The van der Waals surface area contributed by atoms with Gasteiger partial charge in [0.1, 0.15) is 0 Å². The predicted octanol–water partition coefficient (Wildman–Crippen LogP) is 0.319. The van der Waals surface area contributed by atoms with Gasteiger partial charge in [0.05, 0.1) is 6.26 Å². The van der Waals surface area contributed by atoms with E-state index in [2.05, 4.69) is 16.1 Å². The Balaban J connectivity index is 3.96. The van der Waals surface area contributed by atoms with Crippen LogP contribution >= 0.6 is 0 Å². The monoisotopic (exact) mass is 184 g/mol. The van der Waals surface area contributed by atoms with Crippen LogP contribution in [0.3, 0.4) is 0 Å². The maximum absolute atomic E-state index is 10.6. The molecule has 0 radical (unpaired) electrons. The molecule has 0 aromatic rings. The van der Waals surface area contributed by atoms with Gasteiger partial charge in [-0.3, -0.25) is 4.79 Å². The minimum Gasteiger partial charge on any atom is -0.432 e. The minimum atomic E-state index is -0.923. The largest absolute Gasteiger partial charge is 0.432 e. The Morgan fingerprint density at radius 1 is 1.15 bits per heavy atom. The molecule has 0 aliphatic heterocycles. The number of carbonyl (C=O) groups is 3. The van der Waals surface area contributed by atoms with Gasteiger partial charge in [-0.15, -0.1) is 0 Å². The highest BCUT2D eigenvalue weighted by molar-refractivity contribution is 5.96. The highest BCUT2D eigenvalue weighted by Gasteiger charge is 2.01. The third-order valence-electron chi connectivity index (χ3n) is 0.799. The van der Waals surface area contributed by atoms with Crippen molar-refractivity contribution in [2.75, 3.05) is 0 Å². The van der Waals surface area contributed by atoms with Crippen LogP contribution in [0, 0.1) is 0 Å². The van der Waals surface area contributed by atoms with Crippen molar-refractivity contribution in [1.29, 1.82) is 0 Å². The van der Waals surface area contributed by atoms with Gasteiger partial charge >= 0.3 is 17.9 Å². The average molecular weight is 184 g/mol. The zero-order chi connectivity index (χ0) is 10.3. The van der Waals surface area contributed by atoms with Gasteiger partial charge < -0.3 is 9.47 Å². The summed E-state index contributed by atoms with van der Waals surface area (Å²) in [5.74, 6) is -2.43. The Hall–Kier alpha value is -1.91. The zero-order valence-electron chi connectivity index (χ0n) is 6.98. The summed E-state index contributed by atoms with van der Waals surface area (Å²) >= 11 is 0. The Kier molecular flexibility index (Phi) is 4.87. The molecule has 13 heavy (non-hydrogen) atoms. The summed E-state index contributed by atoms with van der Waals surface area (Å²) < 4.78 is 8.32. The lowest BCUT2D eigenvalue weighted by Crippen LogP contribution is -2.06. The van der Waals surface area contributed by atoms with Crippen LogP contribution < -0.4 is 0 Å². The molecular weight excluding hydrogens is 176 g/mol. The number of esters is 3. The van der Waals surface area contributed by atoms with E-state index in [9.17, 15) is 14.4 Å². The molecule has 0 unspecified atom stereocenters. The van der Waals surface area contributed by atoms with Gasteiger partial charge in [-0.2, -0.15) is 0 Å². The third-order valence-corrected chi connectivity index (χ3v) is 0.799. The molecule has 0 aliphatic carbocycles. The fourth-order valence-corrected chi connectivity index (χ4v) is 0.433. The first-order valence-electron chi connectivity index (χ1n) is 3.28. The maximum Gasteiger partial charge on any atom is 0.338 e. The molecule has 0 N–H and O–H groups in total. The van der Waals surface area contributed by atoms with Gasteiger partial charge in [0.2, 0.25) is 0 Å². The van der Waals surface area contributed by atoms with Gasteiger partial charge in [-0.1, -0.05) is 6.58 Å². The Bertz CT molecular complexity index is 264. The molecule has 0 atom stereocenters. The van der Waals surface area contributed by atoms with E-state index >= 15 is 0 Å². The first kappa shape index (κ1) is 11.1. The molecule has 0 heterocycles. The lowest BCUT2D eigenvalue weighted by Gasteiger charge is -1.92. The maximum atomic E-state index is 10.6. The van der Waals surface area contributed by atoms with E-state index in [1.807, 2.05) is 0 Å². The smallest absolute Gasteiger partial charge is 0.338 e. The van der Waals surface area contributed by atoms with Crippen LogP contribution in [0.4, 0.5) is 0 Å². The van der Waals surface area contributed by atoms with E-state index in [-0.39, 0.29) is 0 Å². The molecule has 0 rings (SSSR count). The first-order chi connectivity index (χ1) is 6.06. The second-order valence-corrected chi connectivity index (χ2v) is 1.85. The molecule has 0 spiro atoms. The quantitative estimate of drug-likeness (QED) is 0.273. The van der Waals surface area contributed by atoms with E-state index in [0.717, 1.165) is 25.3 Å². The van der Waals surface area contributed by atoms with E-state index in [0.29, 0.717) is 0 Å². The van der Waals surface area contributed by atoms with Crippen LogP contribution in [0.1, 0.15) is 6.92 Å². The third kappa shape index (κ3) is 6.49. The summed E-state index contributed by atoms with van der Waals surface area (Å²) in [6.07, 6.45) is 2.53. The van der Waals surface area contributed by atoms with Crippen LogP contribution in [-0.2, 0) is 23.9 Å². The fraction of sp³-hybridized carbons (Fsp3) is 0.125. The van der Waals surface area contributed by atoms with Crippen LogP contribution in [0.25, 0.3) is 0 Å². The molecule has 0 aliphatic rings. The molecule has 5 heteroatoms. The van der Waals surface area contributed by atoms with Crippen LogP contribution in [-0.4, -0.2) is 17.9 Å². The van der Waals surface area contributed by atoms with E-state index < -0.39 is 17.9 Å². The summed E-state index contributed by atoms with van der Waals surface area (Å²) in [5, 5.41) is 0. The first-order valence-corrected chi connectivity index (χ1v) is 3.28. The molecule has 0 fully saturated rings. The lowest BCUT2D eigenvalue weighted by molar-refractivity contribution is -0.154. The second-order valence-electron chi connectivity index (χ2n) is 1.85. The van der Waals surface area contributed by atoms with Crippen molar-refractivity contribution < 1.29 is 23.9 Å². The number of carbonyl (C=O) groups excluding carboxylic acids is 3. The van der Waals surface area contributed by atoms with Crippen molar-refractivity contribution in [1.82, 2.24) is 0 Å². The normalized spacial score (nSPS) is 9.31. The summed E-state index contributed by atoms with van der Waals surface area (Å²) in [6.45, 7) is 4.21. The average Bonchev–Trinajstić information content (AvgIpc) is 2.00. The summed E-state index contributed by atoms with van der Waals surface area (Å²) in [6, 6.07) is 0. The van der Waals surface area contributed by atoms with Crippen LogP contribution in [0.2, 0.25) is 0 Å².